The highest BCUT2D eigenvalue weighted by Crippen LogP contribution is 2.35. The quantitative estimate of drug-likeness (QED) is 0.134. The Morgan fingerprint density at radius 1 is 0.925 bits per heavy atom. The molecule has 0 radical (unpaired) electrons. The van der Waals surface area contributed by atoms with Crippen molar-refractivity contribution in [2.75, 3.05) is 0 Å². The number of carbonyl (C=O) groups excluding carboxylic acids is 1. The van der Waals surface area contributed by atoms with Crippen molar-refractivity contribution in [1.82, 2.24) is 9.99 Å². The fraction of sp³-hybridized carbons (Fsp3) is 0.0625. The second-order valence-electron chi connectivity index (χ2n) is 9.00. The van der Waals surface area contributed by atoms with E-state index in [1.54, 1.807) is 42.5 Å². The highest BCUT2D eigenvalue weighted by atomic mass is 79.9. The molecular weight excluding hydrogens is 637 g/mol. The molecule has 0 bridgehead atoms. The molecule has 5 rings (SSSR count). The van der Waals surface area contributed by atoms with Gasteiger partial charge in [0.15, 0.2) is 0 Å². The summed E-state index contributed by atoms with van der Waals surface area (Å²) in [6.45, 7) is 2.14. The third-order valence-electron chi connectivity index (χ3n) is 6.26. The van der Waals surface area contributed by atoms with Crippen molar-refractivity contribution in [2.24, 2.45) is 5.10 Å². The van der Waals surface area contributed by atoms with Crippen molar-refractivity contribution in [3.05, 3.63) is 140 Å². The van der Waals surface area contributed by atoms with Gasteiger partial charge in [-0.3, -0.25) is 4.79 Å². The second kappa shape index (κ2) is 12.4. The summed E-state index contributed by atoms with van der Waals surface area (Å²) in [4.78, 5) is 12.7. The summed E-state index contributed by atoms with van der Waals surface area (Å²) >= 11 is 6.99. The van der Waals surface area contributed by atoms with Crippen molar-refractivity contribution in [3.63, 3.8) is 0 Å². The molecule has 0 saturated carbocycles. The normalized spacial score (nSPS) is 11.1. The zero-order chi connectivity index (χ0) is 28.1. The van der Waals surface area contributed by atoms with Crippen molar-refractivity contribution >= 4 is 44.0 Å². The average molecular weight is 661 g/mol. The summed E-state index contributed by atoms with van der Waals surface area (Å²) in [5, 5.41) is 4.11. The largest absolute Gasteiger partial charge is 0.486 e. The lowest BCUT2D eigenvalue weighted by molar-refractivity contribution is 0.0955. The molecule has 0 atom stereocenters. The number of nitrogens with zero attached hydrogens (tertiary/aromatic N) is 2. The van der Waals surface area contributed by atoms with Crippen LogP contribution in [0.4, 0.5) is 4.39 Å². The van der Waals surface area contributed by atoms with Crippen LogP contribution in [-0.2, 0) is 6.61 Å². The molecule has 5 aromatic rings. The zero-order valence-corrected chi connectivity index (χ0v) is 24.6. The van der Waals surface area contributed by atoms with Crippen LogP contribution in [0.15, 0.2) is 117 Å². The van der Waals surface area contributed by atoms with Crippen LogP contribution in [0.1, 0.15) is 27.2 Å². The van der Waals surface area contributed by atoms with Gasteiger partial charge in [0, 0.05) is 22.5 Å². The summed E-state index contributed by atoms with van der Waals surface area (Å²) in [6.07, 6.45) is 1.54. The number of rotatable bonds is 8. The number of benzene rings is 4. The molecule has 5 nitrogen and oxygen atoms in total. The molecule has 0 aliphatic rings. The monoisotopic (exact) mass is 659 g/mol. The summed E-state index contributed by atoms with van der Waals surface area (Å²) in [5.41, 5.74) is 8.52. The Morgan fingerprint density at radius 2 is 1.60 bits per heavy atom. The molecule has 0 aliphatic carbocycles. The number of hydrogen-bond acceptors (Lipinski definition) is 3. The first-order chi connectivity index (χ1) is 19.4. The van der Waals surface area contributed by atoms with E-state index in [0.29, 0.717) is 25.8 Å². The number of carbonyl (C=O) groups is 1. The second-order valence-corrected chi connectivity index (χ2v) is 10.7. The number of halogens is 3. The van der Waals surface area contributed by atoms with Gasteiger partial charge < -0.3 is 9.30 Å². The fourth-order valence-corrected chi connectivity index (χ4v) is 5.72. The molecule has 1 N–H and O–H groups in total. The van der Waals surface area contributed by atoms with E-state index < -0.39 is 0 Å². The van der Waals surface area contributed by atoms with Crippen LogP contribution in [-0.4, -0.2) is 16.7 Å². The lowest BCUT2D eigenvalue weighted by Gasteiger charge is -2.13. The number of nitrogens with one attached hydrogen (secondary N) is 1. The Labute approximate surface area is 248 Å². The van der Waals surface area contributed by atoms with E-state index in [1.165, 1.54) is 12.3 Å². The number of hydrogen-bond donors (Lipinski definition) is 1. The molecule has 0 saturated heterocycles. The molecular formula is C32H24Br2FN3O2. The topological polar surface area (TPSA) is 55.6 Å². The number of amides is 1. The van der Waals surface area contributed by atoms with Crippen LogP contribution in [0.3, 0.4) is 0 Å². The van der Waals surface area contributed by atoms with E-state index in [4.69, 9.17) is 4.74 Å². The number of aromatic nitrogens is 1. The molecule has 0 unspecified atom stereocenters. The minimum absolute atomic E-state index is 0.0869. The van der Waals surface area contributed by atoms with Crippen LogP contribution in [0, 0.1) is 12.7 Å². The SMILES string of the molecule is Cc1ccc(-c2ccccc2)n1-c1ccc(C(=O)N/N=C/c2cc(Br)c(OCc3ccccc3F)c(Br)c2)cc1. The molecule has 1 heterocycles. The van der Waals surface area contributed by atoms with Gasteiger partial charge in [-0.1, -0.05) is 48.5 Å². The molecule has 0 spiro atoms. The maximum Gasteiger partial charge on any atom is 0.271 e. The Bertz CT molecular complexity index is 1660. The van der Waals surface area contributed by atoms with Gasteiger partial charge in [-0.15, -0.1) is 0 Å². The highest BCUT2D eigenvalue weighted by Gasteiger charge is 2.12. The smallest absolute Gasteiger partial charge is 0.271 e. The van der Waals surface area contributed by atoms with Crippen LogP contribution in [0.2, 0.25) is 0 Å². The van der Waals surface area contributed by atoms with Crippen molar-refractivity contribution < 1.29 is 13.9 Å². The fourth-order valence-electron chi connectivity index (χ4n) is 4.26. The number of ether oxygens (including phenoxy) is 1. The van der Waals surface area contributed by atoms with Crippen molar-refractivity contribution in [1.29, 1.82) is 0 Å². The molecule has 40 heavy (non-hydrogen) atoms. The summed E-state index contributed by atoms with van der Waals surface area (Å²) in [6, 6.07) is 31.9. The van der Waals surface area contributed by atoms with Crippen LogP contribution in [0.25, 0.3) is 16.9 Å². The van der Waals surface area contributed by atoms with Crippen LogP contribution >= 0.6 is 31.9 Å². The number of aryl methyl sites for hydroxylation is 1. The van der Waals surface area contributed by atoms with Gasteiger partial charge in [0.2, 0.25) is 0 Å². The first kappa shape index (κ1) is 27.6. The molecule has 1 amide bonds. The first-order valence-electron chi connectivity index (χ1n) is 12.4. The van der Waals surface area contributed by atoms with Crippen LogP contribution in [0.5, 0.6) is 5.75 Å². The maximum absolute atomic E-state index is 13.9. The van der Waals surface area contributed by atoms with Gasteiger partial charge in [0.25, 0.3) is 5.91 Å². The molecule has 0 fully saturated rings. The van der Waals surface area contributed by atoms with E-state index in [2.05, 4.69) is 78.1 Å². The van der Waals surface area contributed by atoms with Gasteiger partial charge in [-0.25, -0.2) is 9.82 Å². The minimum Gasteiger partial charge on any atom is -0.486 e. The van der Waals surface area contributed by atoms with Gasteiger partial charge >= 0.3 is 0 Å². The van der Waals surface area contributed by atoms with E-state index in [-0.39, 0.29) is 18.3 Å². The Hall–Kier alpha value is -4.01. The maximum atomic E-state index is 13.9. The third-order valence-corrected chi connectivity index (χ3v) is 7.44. The minimum atomic E-state index is -0.321. The van der Waals surface area contributed by atoms with Gasteiger partial charge in [0.05, 0.1) is 20.9 Å². The zero-order valence-electron chi connectivity index (χ0n) is 21.4. The van der Waals surface area contributed by atoms with Crippen molar-refractivity contribution in [2.45, 2.75) is 13.5 Å². The van der Waals surface area contributed by atoms with E-state index in [1.807, 2.05) is 30.3 Å². The molecule has 8 heteroatoms. The highest BCUT2D eigenvalue weighted by molar-refractivity contribution is 9.11. The van der Waals surface area contributed by atoms with E-state index in [0.717, 1.165) is 28.2 Å². The Morgan fingerprint density at radius 3 is 2.30 bits per heavy atom. The summed E-state index contributed by atoms with van der Waals surface area (Å²) < 4.78 is 23.2. The van der Waals surface area contributed by atoms with Crippen molar-refractivity contribution in [3.8, 4) is 22.7 Å². The van der Waals surface area contributed by atoms with Gasteiger partial charge in [-0.2, -0.15) is 5.10 Å². The Balaban J connectivity index is 1.24. The lowest BCUT2D eigenvalue weighted by Crippen LogP contribution is -2.17. The molecule has 1 aromatic heterocycles. The lowest BCUT2D eigenvalue weighted by atomic mass is 10.1. The molecule has 200 valence electrons. The average Bonchev–Trinajstić information content (AvgIpc) is 3.35. The Kier molecular flexibility index (Phi) is 8.57. The van der Waals surface area contributed by atoms with Crippen LogP contribution < -0.4 is 10.2 Å². The summed E-state index contributed by atoms with van der Waals surface area (Å²) in [5.74, 6) is -0.100. The van der Waals surface area contributed by atoms with Gasteiger partial charge in [0.1, 0.15) is 18.2 Å². The predicted molar refractivity (Wildman–Crippen MR) is 164 cm³/mol. The first-order valence-corrected chi connectivity index (χ1v) is 14.0. The molecule has 4 aromatic carbocycles. The summed E-state index contributed by atoms with van der Waals surface area (Å²) in [7, 11) is 0. The molecule has 0 aliphatic heterocycles. The standard InChI is InChI=1S/C32H24Br2FN3O2/c1-21-11-16-30(23-7-3-2-4-8-23)38(21)26-14-12-24(13-15-26)32(39)37-36-19-22-17-27(33)31(28(34)18-22)40-20-25-9-5-6-10-29(25)35/h2-19H,20H2,1H3,(H,37,39)/b36-19+. The van der Waals surface area contributed by atoms with E-state index >= 15 is 0 Å². The van der Waals surface area contributed by atoms with Gasteiger partial charge in [-0.05, 0) is 105 Å². The number of hydrazone groups is 1. The third kappa shape index (κ3) is 6.24. The van der Waals surface area contributed by atoms with E-state index in [9.17, 15) is 9.18 Å². The predicted octanol–water partition coefficient (Wildman–Crippen LogP) is 8.46.